The Kier molecular flexibility index (Phi) is 5.86. The maximum Gasteiger partial charge on any atom is 0.0577 e. The van der Waals surface area contributed by atoms with Gasteiger partial charge in [0.2, 0.25) is 0 Å². The molecular formula is C28H46O. The van der Waals surface area contributed by atoms with Gasteiger partial charge in [-0.1, -0.05) is 57.9 Å². The first kappa shape index (κ1) is 21.7. The molecule has 164 valence electrons. The summed E-state index contributed by atoms with van der Waals surface area (Å²) >= 11 is 0. The van der Waals surface area contributed by atoms with Crippen molar-refractivity contribution in [1.29, 1.82) is 0 Å². The van der Waals surface area contributed by atoms with Gasteiger partial charge in [-0.2, -0.15) is 0 Å². The smallest absolute Gasteiger partial charge is 0.0577 e. The van der Waals surface area contributed by atoms with E-state index in [0.717, 1.165) is 42.4 Å². The minimum Gasteiger partial charge on any atom is -0.393 e. The van der Waals surface area contributed by atoms with E-state index in [4.69, 9.17) is 0 Å². The molecule has 29 heavy (non-hydrogen) atoms. The molecule has 4 aliphatic rings. The summed E-state index contributed by atoms with van der Waals surface area (Å²) in [5.74, 6) is 5.07. The van der Waals surface area contributed by atoms with Crippen LogP contribution in [-0.4, -0.2) is 11.2 Å². The number of fused-ring (bicyclic) bond motifs is 5. The lowest BCUT2D eigenvalue weighted by Crippen LogP contribution is -2.50. The van der Waals surface area contributed by atoms with Crippen LogP contribution in [0.1, 0.15) is 99.3 Å². The summed E-state index contributed by atoms with van der Waals surface area (Å²) in [5, 5.41) is 10.2. The maximum absolute atomic E-state index is 10.2. The Labute approximate surface area is 180 Å². The zero-order valence-electron chi connectivity index (χ0n) is 20.0. The first-order valence-electron chi connectivity index (χ1n) is 12.7. The predicted octanol–water partition coefficient (Wildman–Crippen LogP) is 7.55. The monoisotopic (exact) mass is 398 g/mol. The molecule has 0 aliphatic heterocycles. The van der Waals surface area contributed by atoms with Gasteiger partial charge in [0.25, 0.3) is 0 Å². The van der Waals surface area contributed by atoms with Crippen LogP contribution in [0.15, 0.2) is 23.3 Å². The van der Waals surface area contributed by atoms with Gasteiger partial charge in [0.05, 0.1) is 6.10 Å². The highest BCUT2D eigenvalue weighted by Gasteiger charge is 2.59. The van der Waals surface area contributed by atoms with Gasteiger partial charge in [-0.25, -0.2) is 0 Å². The molecule has 0 aromatic rings. The largest absolute Gasteiger partial charge is 0.393 e. The van der Waals surface area contributed by atoms with E-state index in [1.54, 1.807) is 11.1 Å². The molecule has 0 amide bonds. The third-order valence-corrected chi connectivity index (χ3v) is 10.6. The molecule has 0 radical (unpaired) electrons. The van der Waals surface area contributed by atoms with Crippen LogP contribution in [0.4, 0.5) is 0 Å². The van der Waals surface area contributed by atoms with Gasteiger partial charge >= 0.3 is 0 Å². The van der Waals surface area contributed by atoms with E-state index in [1.165, 1.54) is 44.9 Å². The Morgan fingerprint density at radius 2 is 1.86 bits per heavy atom. The minimum atomic E-state index is -0.0845. The van der Waals surface area contributed by atoms with E-state index in [9.17, 15) is 5.11 Å². The predicted molar refractivity (Wildman–Crippen MR) is 124 cm³/mol. The van der Waals surface area contributed by atoms with Crippen LogP contribution in [0.2, 0.25) is 0 Å². The highest BCUT2D eigenvalue weighted by atomic mass is 16.3. The third-order valence-electron chi connectivity index (χ3n) is 10.6. The molecule has 3 saturated carbocycles. The number of allylic oxidation sites excluding steroid dienone is 3. The van der Waals surface area contributed by atoms with Gasteiger partial charge in [0.15, 0.2) is 0 Å². The number of hydrogen-bond acceptors (Lipinski definition) is 1. The maximum atomic E-state index is 10.2. The molecule has 4 aliphatic carbocycles. The molecule has 0 saturated heterocycles. The van der Waals surface area contributed by atoms with Crippen molar-refractivity contribution in [3.05, 3.63) is 23.3 Å². The van der Waals surface area contributed by atoms with Crippen LogP contribution >= 0.6 is 0 Å². The van der Waals surface area contributed by atoms with Gasteiger partial charge in [0, 0.05) is 0 Å². The van der Waals surface area contributed by atoms with Crippen LogP contribution in [0.5, 0.6) is 0 Å². The topological polar surface area (TPSA) is 20.2 Å². The van der Waals surface area contributed by atoms with E-state index >= 15 is 0 Å². The minimum absolute atomic E-state index is 0.0845. The van der Waals surface area contributed by atoms with Gasteiger partial charge in [0.1, 0.15) is 0 Å². The zero-order valence-corrected chi connectivity index (χ0v) is 20.0. The van der Waals surface area contributed by atoms with Gasteiger partial charge in [-0.3, -0.25) is 0 Å². The number of hydrogen-bond donors (Lipinski definition) is 1. The summed E-state index contributed by atoms with van der Waals surface area (Å²) in [6.45, 7) is 14.7. The fourth-order valence-corrected chi connectivity index (χ4v) is 8.39. The summed E-state index contributed by atoms with van der Waals surface area (Å²) in [5.41, 5.74) is 4.11. The average Bonchev–Trinajstić information content (AvgIpc) is 3.03. The second-order valence-corrected chi connectivity index (χ2v) is 12.2. The van der Waals surface area contributed by atoms with E-state index in [2.05, 4.69) is 53.7 Å². The summed E-state index contributed by atoms with van der Waals surface area (Å²) in [6, 6.07) is 0. The van der Waals surface area contributed by atoms with Gasteiger partial charge < -0.3 is 5.11 Å². The van der Waals surface area contributed by atoms with Crippen LogP contribution in [-0.2, 0) is 0 Å². The number of rotatable bonds is 4. The molecule has 1 unspecified atom stereocenters. The molecule has 3 fully saturated rings. The van der Waals surface area contributed by atoms with E-state index in [-0.39, 0.29) is 6.10 Å². The van der Waals surface area contributed by atoms with Crippen LogP contribution in [0.3, 0.4) is 0 Å². The normalized spacial score (nSPS) is 46.0. The Hall–Kier alpha value is -0.560. The molecule has 0 aromatic carbocycles. The summed E-state index contributed by atoms with van der Waals surface area (Å²) in [7, 11) is 0. The standard InChI is InChI=1S/C28H46O/c1-18(2)19(3)7-8-20(4)24-11-12-25-23-10-9-21-17-22(29)13-15-27(21,5)26(23)14-16-28(24,25)6/h7,9,18,20,22-26,29H,8,10-17H2,1-6H3/t20?,22-,23-,24+,25-,26-,27-,28+/m0/s1. The summed E-state index contributed by atoms with van der Waals surface area (Å²) < 4.78 is 0. The highest BCUT2D eigenvalue weighted by Crippen LogP contribution is 2.67. The molecule has 0 spiro atoms. The second-order valence-electron chi connectivity index (χ2n) is 12.2. The molecule has 0 bridgehead atoms. The van der Waals surface area contributed by atoms with Crippen molar-refractivity contribution < 1.29 is 5.11 Å². The average molecular weight is 399 g/mol. The first-order chi connectivity index (χ1) is 13.7. The van der Waals surface area contributed by atoms with Crippen molar-refractivity contribution in [2.24, 2.45) is 46.3 Å². The van der Waals surface area contributed by atoms with Crippen molar-refractivity contribution >= 4 is 0 Å². The summed E-state index contributed by atoms with van der Waals surface area (Å²) in [4.78, 5) is 0. The molecule has 4 rings (SSSR count). The SMILES string of the molecule is CC(=CCC(C)[C@H]1CC[C@H]2[C@@H]3CC=C4C[C@@H](O)CC[C@]4(C)[C@H]3CC[C@]12C)C(C)C. The molecule has 0 heterocycles. The van der Waals surface area contributed by atoms with Crippen molar-refractivity contribution in [3.63, 3.8) is 0 Å². The molecule has 1 nitrogen and oxygen atoms in total. The molecule has 1 heteroatoms. The van der Waals surface area contributed by atoms with Crippen molar-refractivity contribution in [2.45, 2.75) is 105 Å². The lowest BCUT2D eigenvalue weighted by molar-refractivity contribution is -0.0565. The quantitative estimate of drug-likeness (QED) is 0.484. The second kappa shape index (κ2) is 7.85. The number of aliphatic hydroxyl groups is 1. The van der Waals surface area contributed by atoms with Crippen LogP contribution in [0, 0.1) is 46.3 Å². The highest BCUT2D eigenvalue weighted by molar-refractivity contribution is 5.25. The fraction of sp³-hybridized carbons (Fsp3) is 0.857. The van der Waals surface area contributed by atoms with Gasteiger partial charge in [-0.15, -0.1) is 0 Å². The molecular weight excluding hydrogens is 352 g/mol. The Morgan fingerprint density at radius 3 is 2.59 bits per heavy atom. The Balaban J connectivity index is 1.52. The number of aliphatic hydroxyl groups excluding tert-OH is 1. The van der Waals surface area contributed by atoms with E-state index in [0.29, 0.717) is 16.7 Å². The van der Waals surface area contributed by atoms with Crippen molar-refractivity contribution in [2.75, 3.05) is 0 Å². The Morgan fingerprint density at radius 1 is 1.10 bits per heavy atom. The summed E-state index contributed by atoms with van der Waals surface area (Å²) in [6.07, 6.45) is 16.5. The lowest BCUT2D eigenvalue weighted by Gasteiger charge is -2.58. The molecule has 8 atom stereocenters. The molecule has 0 aromatic heterocycles. The fourth-order valence-electron chi connectivity index (χ4n) is 8.39. The van der Waals surface area contributed by atoms with E-state index in [1.807, 2.05) is 0 Å². The zero-order chi connectivity index (χ0) is 21.0. The van der Waals surface area contributed by atoms with Crippen LogP contribution in [0.25, 0.3) is 0 Å². The third kappa shape index (κ3) is 3.58. The molecule has 1 N–H and O–H groups in total. The Bertz CT molecular complexity index is 672. The van der Waals surface area contributed by atoms with Gasteiger partial charge in [-0.05, 0) is 111 Å². The van der Waals surface area contributed by atoms with E-state index < -0.39 is 0 Å². The van der Waals surface area contributed by atoms with Crippen LogP contribution < -0.4 is 0 Å². The first-order valence-corrected chi connectivity index (χ1v) is 12.7. The lowest BCUT2D eigenvalue weighted by atomic mass is 9.47. The van der Waals surface area contributed by atoms with Crippen molar-refractivity contribution in [3.8, 4) is 0 Å². The van der Waals surface area contributed by atoms with Crippen molar-refractivity contribution in [1.82, 2.24) is 0 Å².